The van der Waals surface area contributed by atoms with Crippen LogP contribution in [-0.4, -0.2) is 24.9 Å². The highest BCUT2D eigenvalue weighted by atomic mass is 35.5. The minimum Gasteiger partial charge on any atom is -0.465 e. The molecule has 0 aliphatic rings. The number of rotatable bonds is 5. The molecule has 3 aromatic rings. The Morgan fingerprint density at radius 1 is 0.935 bits per heavy atom. The quantitative estimate of drug-likeness (QED) is 0.488. The fourth-order valence-corrected chi connectivity index (χ4v) is 4.20. The van der Waals surface area contributed by atoms with E-state index in [4.69, 9.17) is 16.3 Å². The fourth-order valence-electron chi connectivity index (χ4n) is 2.99. The zero-order chi connectivity index (χ0) is 22.7. The van der Waals surface area contributed by atoms with Gasteiger partial charge in [0.2, 0.25) is 0 Å². The Labute approximate surface area is 189 Å². The summed E-state index contributed by atoms with van der Waals surface area (Å²) in [5.74, 6) is -1.43. The second-order valence-electron chi connectivity index (χ2n) is 6.99. The number of esters is 1. The van der Waals surface area contributed by atoms with Crippen LogP contribution in [0.2, 0.25) is 5.02 Å². The molecule has 0 aliphatic carbocycles. The lowest BCUT2D eigenvalue weighted by Gasteiger charge is -2.09. The number of halogens is 1. The number of thiophene rings is 1. The lowest BCUT2D eigenvalue weighted by Crippen LogP contribution is -2.14. The van der Waals surface area contributed by atoms with Gasteiger partial charge in [0.05, 0.1) is 17.6 Å². The molecule has 2 N–H and O–H groups in total. The van der Waals surface area contributed by atoms with Crippen LogP contribution in [0.25, 0.3) is 0 Å². The van der Waals surface area contributed by atoms with Crippen LogP contribution in [-0.2, 0) is 4.74 Å². The Kier molecular flexibility index (Phi) is 6.77. The van der Waals surface area contributed by atoms with Crippen LogP contribution in [0.5, 0.6) is 0 Å². The molecule has 160 valence electrons. The van der Waals surface area contributed by atoms with E-state index in [1.807, 2.05) is 32.0 Å². The second kappa shape index (κ2) is 9.32. The number of benzene rings is 2. The van der Waals surface area contributed by atoms with Gasteiger partial charge in [-0.25, -0.2) is 4.79 Å². The monoisotopic (exact) mass is 456 g/mol. The predicted octanol–water partition coefficient (Wildman–Crippen LogP) is 5.62. The van der Waals surface area contributed by atoms with Crippen LogP contribution in [0, 0.1) is 20.8 Å². The van der Waals surface area contributed by atoms with Crippen molar-refractivity contribution < 1.29 is 19.1 Å². The van der Waals surface area contributed by atoms with Gasteiger partial charge in [0, 0.05) is 16.3 Å². The molecule has 0 atom stereocenters. The summed E-state index contributed by atoms with van der Waals surface area (Å²) in [5, 5.41) is 6.36. The summed E-state index contributed by atoms with van der Waals surface area (Å²) < 4.78 is 4.87. The number of amides is 2. The molecule has 0 saturated carbocycles. The average Bonchev–Trinajstić information content (AvgIpc) is 3.06. The van der Waals surface area contributed by atoms with Crippen molar-refractivity contribution in [3.63, 3.8) is 0 Å². The zero-order valence-electron chi connectivity index (χ0n) is 17.5. The summed E-state index contributed by atoms with van der Waals surface area (Å²) in [6.45, 7) is 5.48. The molecule has 0 saturated heterocycles. The maximum Gasteiger partial charge on any atom is 0.341 e. The van der Waals surface area contributed by atoms with E-state index in [-0.39, 0.29) is 16.5 Å². The second-order valence-corrected chi connectivity index (χ2v) is 8.44. The third-order valence-corrected chi connectivity index (χ3v) is 6.18. The molecule has 2 amide bonds. The highest BCUT2D eigenvalue weighted by Gasteiger charge is 2.27. The van der Waals surface area contributed by atoms with Gasteiger partial charge in [0.15, 0.2) is 0 Å². The first-order chi connectivity index (χ1) is 14.7. The normalized spacial score (nSPS) is 10.5. The molecular formula is C23H21ClN2O4S. The van der Waals surface area contributed by atoms with Gasteiger partial charge in [-0.15, -0.1) is 11.3 Å². The molecule has 1 heterocycles. The van der Waals surface area contributed by atoms with E-state index in [1.165, 1.54) is 7.11 Å². The molecule has 6 nitrogen and oxygen atoms in total. The van der Waals surface area contributed by atoms with Crippen molar-refractivity contribution in [1.82, 2.24) is 0 Å². The van der Waals surface area contributed by atoms with E-state index in [2.05, 4.69) is 10.6 Å². The van der Waals surface area contributed by atoms with Crippen molar-refractivity contribution in [3.05, 3.63) is 80.2 Å². The Morgan fingerprint density at radius 2 is 1.61 bits per heavy atom. The number of aryl methyl sites for hydroxylation is 2. The van der Waals surface area contributed by atoms with Gasteiger partial charge < -0.3 is 15.4 Å². The van der Waals surface area contributed by atoms with Crippen molar-refractivity contribution in [1.29, 1.82) is 0 Å². The van der Waals surface area contributed by atoms with E-state index in [0.29, 0.717) is 26.7 Å². The SMILES string of the molecule is COC(=O)c1c(NC(=O)c2ccc(Cl)cc2)sc(C(=O)Nc2cc(C)ccc2C)c1C. The predicted molar refractivity (Wildman–Crippen MR) is 124 cm³/mol. The molecule has 0 fully saturated rings. The molecule has 3 rings (SSSR count). The van der Waals surface area contributed by atoms with E-state index in [9.17, 15) is 14.4 Å². The van der Waals surface area contributed by atoms with Crippen molar-refractivity contribution >= 4 is 51.4 Å². The highest BCUT2D eigenvalue weighted by Crippen LogP contribution is 2.35. The molecule has 0 spiro atoms. The largest absolute Gasteiger partial charge is 0.465 e. The average molecular weight is 457 g/mol. The summed E-state index contributed by atoms with van der Waals surface area (Å²) in [6, 6.07) is 12.1. The van der Waals surface area contributed by atoms with Crippen LogP contribution in [0.1, 0.15) is 47.1 Å². The summed E-state index contributed by atoms with van der Waals surface area (Å²) in [7, 11) is 1.25. The van der Waals surface area contributed by atoms with Crippen LogP contribution >= 0.6 is 22.9 Å². The third-order valence-electron chi connectivity index (χ3n) is 4.72. The lowest BCUT2D eigenvalue weighted by molar-refractivity contribution is 0.0601. The van der Waals surface area contributed by atoms with E-state index in [0.717, 1.165) is 22.5 Å². The Morgan fingerprint density at radius 3 is 2.26 bits per heavy atom. The molecular weight excluding hydrogens is 436 g/mol. The van der Waals surface area contributed by atoms with Crippen LogP contribution in [0.4, 0.5) is 10.7 Å². The van der Waals surface area contributed by atoms with Crippen molar-refractivity contribution in [2.75, 3.05) is 17.7 Å². The summed E-state index contributed by atoms with van der Waals surface area (Å²) in [6.07, 6.45) is 0. The molecule has 0 unspecified atom stereocenters. The van der Waals surface area contributed by atoms with Crippen molar-refractivity contribution in [3.8, 4) is 0 Å². The van der Waals surface area contributed by atoms with E-state index >= 15 is 0 Å². The van der Waals surface area contributed by atoms with Crippen LogP contribution in [0.15, 0.2) is 42.5 Å². The highest BCUT2D eigenvalue weighted by molar-refractivity contribution is 7.19. The molecule has 0 radical (unpaired) electrons. The number of hydrogen-bond donors (Lipinski definition) is 2. The summed E-state index contributed by atoms with van der Waals surface area (Å²) in [5.41, 5.74) is 3.57. The number of methoxy groups -OCH3 is 1. The van der Waals surface area contributed by atoms with Crippen molar-refractivity contribution in [2.45, 2.75) is 20.8 Å². The van der Waals surface area contributed by atoms with Gasteiger partial charge in [-0.1, -0.05) is 23.7 Å². The molecule has 31 heavy (non-hydrogen) atoms. The fraction of sp³-hybridized carbons (Fsp3) is 0.174. The topological polar surface area (TPSA) is 84.5 Å². The third kappa shape index (κ3) is 4.95. The summed E-state index contributed by atoms with van der Waals surface area (Å²) >= 11 is 6.90. The molecule has 2 aromatic carbocycles. The molecule has 8 heteroatoms. The molecule has 0 bridgehead atoms. The van der Waals surface area contributed by atoms with Gasteiger partial charge in [-0.05, 0) is 67.8 Å². The maximum atomic E-state index is 13.0. The zero-order valence-corrected chi connectivity index (χ0v) is 19.0. The van der Waals surface area contributed by atoms with Crippen LogP contribution < -0.4 is 10.6 Å². The molecule has 0 aliphatic heterocycles. The van der Waals surface area contributed by atoms with Gasteiger partial charge in [-0.3, -0.25) is 9.59 Å². The minimum atomic E-state index is -0.633. The molecule has 1 aromatic heterocycles. The number of carbonyl (C=O) groups excluding carboxylic acids is 3. The summed E-state index contributed by atoms with van der Waals surface area (Å²) in [4.78, 5) is 38.3. The van der Waals surface area contributed by atoms with Gasteiger partial charge in [0.1, 0.15) is 5.00 Å². The van der Waals surface area contributed by atoms with E-state index in [1.54, 1.807) is 31.2 Å². The van der Waals surface area contributed by atoms with Crippen LogP contribution in [0.3, 0.4) is 0 Å². The minimum absolute atomic E-state index is 0.154. The first-order valence-electron chi connectivity index (χ1n) is 9.38. The van der Waals surface area contributed by atoms with Gasteiger partial charge in [-0.2, -0.15) is 0 Å². The smallest absolute Gasteiger partial charge is 0.341 e. The van der Waals surface area contributed by atoms with Gasteiger partial charge >= 0.3 is 5.97 Å². The Bertz CT molecular complexity index is 1170. The first kappa shape index (κ1) is 22.5. The first-order valence-corrected chi connectivity index (χ1v) is 10.6. The maximum absolute atomic E-state index is 13.0. The number of nitrogens with one attached hydrogen (secondary N) is 2. The Hall–Kier alpha value is -3.16. The van der Waals surface area contributed by atoms with E-state index < -0.39 is 11.9 Å². The number of hydrogen-bond acceptors (Lipinski definition) is 5. The standard InChI is InChI=1S/C23H21ClN2O4S/c1-12-5-6-13(2)17(11-12)25-21(28)19-14(3)18(23(29)30-4)22(31-19)26-20(27)15-7-9-16(24)10-8-15/h5-11H,1-4H3,(H,25,28)(H,26,27). The number of ether oxygens (including phenoxy) is 1. The van der Waals surface area contributed by atoms with Gasteiger partial charge in [0.25, 0.3) is 11.8 Å². The number of anilines is 2. The Balaban J connectivity index is 1.95. The van der Waals surface area contributed by atoms with Crippen molar-refractivity contribution in [2.24, 2.45) is 0 Å². The number of carbonyl (C=O) groups is 3. The lowest BCUT2D eigenvalue weighted by atomic mass is 10.1.